The highest BCUT2D eigenvalue weighted by molar-refractivity contribution is 5.70. The molecule has 0 fully saturated rings. The summed E-state index contributed by atoms with van der Waals surface area (Å²) in [7, 11) is 0. The Kier molecular flexibility index (Phi) is 4.45. The minimum absolute atomic E-state index is 0.296. The van der Waals surface area contributed by atoms with Crippen LogP contribution in [0.1, 0.15) is 16.8 Å². The van der Waals surface area contributed by atoms with Crippen LogP contribution >= 0.6 is 0 Å². The second-order valence-corrected chi connectivity index (χ2v) is 6.83. The molecule has 7 heteroatoms. The molecule has 0 saturated heterocycles. The van der Waals surface area contributed by atoms with Gasteiger partial charge in [-0.2, -0.15) is 22.8 Å². The van der Waals surface area contributed by atoms with E-state index in [-0.39, 0.29) is 0 Å². The molecule has 0 aliphatic carbocycles. The third kappa shape index (κ3) is 3.63. The van der Waals surface area contributed by atoms with E-state index in [1.165, 1.54) is 22.7 Å². The Balaban J connectivity index is 1.84. The second-order valence-electron chi connectivity index (χ2n) is 6.83. The molecule has 4 rings (SSSR count). The van der Waals surface area contributed by atoms with E-state index < -0.39 is 17.3 Å². The number of benzene rings is 2. The minimum atomic E-state index is -4.42. The lowest BCUT2D eigenvalue weighted by Crippen LogP contribution is -2.18. The number of nitrogens with zero attached hydrogens (tertiary/aromatic N) is 3. The lowest BCUT2D eigenvalue weighted by molar-refractivity contribution is -0.137. The van der Waals surface area contributed by atoms with Crippen LogP contribution in [0.5, 0.6) is 0 Å². The van der Waals surface area contributed by atoms with Crippen molar-refractivity contribution in [3.63, 3.8) is 0 Å². The molecular formula is C22H16F3N3O. The van der Waals surface area contributed by atoms with Crippen LogP contribution in [-0.4, -0.2) is 14.6 Å². The fourth-order valence-corrected chi connectivity index (χ4v) is 3.13. The first-order chi connectivity index (χ1) is 13.7. The molecule has 0 radical (unpaired) electrons. The lowest BCUT2D eigenvalue weighted by atomic mass is 10.0. The summed E-state index contributed by atoms with van der Waals surface area (Å²) in [6, 6.07) is 15.5. The van der Waals surface area contributed by atoms with Crippen molar-refractivity contribution in [2.24, 2.45) is 0 Å². The lowest BCUT2D eigenvalue weighted by Gasteiger charge is -2.10. The fraction of sp³-hybridized carbons (Fsp3) is 0.136. The Morgan fingerprint density at radius 3 is 2.10 bits per heavy atom. The van der Waals surface area contributed by atoms with E-state index in [1.807, 2.05) is 38.1 Å². The number of aryl methyl sites for hydroxylation is 2. The molecule has 2 aromatic heterocycles. The number of alkyl halides is 3. The highest BCUT2D eigenvalue weighted by Gasteiger charge is 2.30. The zero-order valence-electron chi connectivity index (χ0n) is 15.7. The second kappa shape index (κ2) is 6.84. The van der Waals surface area contributed by atoms with E-state index >= 15 is 0 Å². The van der Waals surface area contributed by atoms with Gasteiger partial charge in [0.25, 0.3) is 5.56 Å². The van der Waals surface area contributed by atoms with Crippen LogP contribution in [0.3, 0.4) is 0 Å². The first kappa shape index (κ1) is 18.9. The van der Waals surface area contributed by atoms with Gasteiger partial charge < -0.3 is 0 Å². The SMILES string of the molecule is Cc1ccc(-c2cc3nc(-c4ccc(C(F)(F)F)cc4)cc(=O)n3nc2C)cc1. The summed E-state index contributed by atoms with van der Waals surface area (Å²) >= 11 is 0. The zero-order chi connectivity index (χ0) is 20.8. The van der Waals surface area contributed by atoms with E-state index in [0.29, 0.717) is 22.6 Å². The standard InChI is InChI=1S/C22H16F3N3O/c1-13-3-5-15(6-4-13)18-11-20-26-19(12-21(29)28(20)27-14(18)2)16-7-9-17(10-8-16)22(23,24)25/h3-12H,1-2H3. The largest absolute Gasteiger partial charge is 0.416 e. The van der Waals surface area contributed by atoms with Crippen LogP contribution in [-0.2, 0) is 6.18 Å². The van der Waals surface area contributed by atoms with Gasteiger partial charge in [0.05, 0.1) is 17.0 Å². The maximum absolute atomic E-state index is 12.8. The number of hydrogen-bond acceptors (Lipinski definition) is 3. The molecule has 0 bridgehead atoms. The van der Waals surface area contributed by atoms with Crippen LogP contribution in [0, 0.1) is 13.8 Å². The average molecular weight is 395 g/mol. The Morgan fingerprint density at radius 1 is 0.862 bits per heavy atom. The summed E-state index contributed by atoms with van der Waals surface area (Å²) in [4.78, 5) is 17.0. The Hall–Kier alpha value is -3.48. The monoisotopic (exact) mass is 395 g/mol. The highest BCUT2D eigenvalue weighted by atomic mass is 19.4. The average Bonchev–Trinajstić information content (AvgIpc) is 2.68. The van der Waals surface area contributed by atoms with Crippen LogP contribution in [0.2, 0.25) is 0 Å². The van der Waals surface area contributed by atoms with Crippen LogP contribution in [0.25, 0.3) is 28.0 Å². The summed E-state index contributed by atoms with van der Waals surface area (Å²) in [6.07, 6.45) is -4.42. The number of hydrogen-bond donors (Lipinski definition) is 0. The summed E-state index contributed by atoms with van der Waals surface area (Å²) in [6.45, 7) is 3.80. The van der Waals surface area contributed by atoms with Gasteiger partial charge in [0.15, 0.2) is 5.65 Å². The summed E-state index contributed by atoms with van der Waals surface area (Å²) in [5.41, 5.74) is 3.47. The molecule has 0 saturated carbocycles. The van der Waals surface area contributed by atoms with Crippen molar-refractivity contribution in [3.05, 3.63) is 87.8 Å². The van der Waals surface area contributed by atoms with Gasteiger partial charge in [-0.3, -0.25) is 4.79 Å². The van der Waals surface area contributed by atoms with Gasteiger partial charge in [-0.1, -0.05) is 42.0 Å². The minimum Gasteiger partial charge on any atom is -0.267 e. The topological polar surface area (TPSA) is 47.3 Å². The van der Waals surface area contributed by atoms with Crippen molar-refractivity contribution in [3.8, 4) is 22.4 Å². The number of rotatable bonds is 2. The van der Waals surface area contributed by atoms with Gasteiger partial charge in [-0.25, -0.2) is 4.98 Å². The van der Waals surface area contributed by atoms with Crippen LogP contribution in [0.15, 0.2) is 65.5 Å². The molecule has 4 nitrogen and oxygen atoms in total. The van der Waals surface area contributed by atoms with Crippen LogP contribution in [0.4, 0.5) is 13.2 Å². The van der Waals surface area contributed by atoms with Crippen molar-refractivity contribution < 1.29 is 13.2 Å². The number of fused-ring (bicyclic) bond motifs is 1. The summed E-state index contributed by atoms with van der Waals surface area (Å²) in [5.74, 6) is 0. The van der Waals surface area contributed by atoms with E-state index in [1.54, 1.807) is 6.07 Å². The Bertz CT molecular complexity index is 1260. The van der Waals surface area contributed by atoms with Gasteiger partial charge in [0.2, 0.25) is 0 Å². The molecule has 0 amide bonds. The summed E-state index contributed by atoms with van der Waals surface area (Å²) < 4.78 is 39.6. The van der Waals surface area contributed by atoms with Gasteiger partial charge in [0, 0.05) is 17.2 Å². The third-order valence-electron chi connectivity index (χ3n) is 4.70. The van der Waals surface area contributed by atoms with Gasteiger partial charge >= 0.3 is 6.18 Å². The molecule has 29 heavy (non-hydrogen) atoms. The molecule has 146 valence electrons. The number of halogens is 3. The maximum atomic E-state index is 12.8. The van der Waals surface area contributed by atoms with E-state index in [9.17, 15) is 18.0 Å². The Labute approximate surface area is 164 Å². The predicted octanol–water partition coefficient (Wildman–Crippen LogP) is 5.06. The van der Waals surface area contributed by atoms with E-state index in [2.05, 4.69) is 10.1 Å². The Morgan fingerprint density at radius 2 is 1.48 bits per heavy atom. The van der Waals surface area contributed by atoms with Crippen LogP contribution < -0.4 is 5.56 Å². The van der Waals surface area contributed by atoms with Gasteiger partial charge in [-0.15, -0.1) is 0 Å². The van der Waals surface area contributed by atoms with Gasteiger partial charge in [-0.05, 0) is 37.6 Å². The molecule has 0 spiro atoms. The van der Waals surface area contributed by atoms with Crippen molar-refractivity contribution in [2.75, 3.05) is 0 Å². The first-order valence-corrected chi connectivity index (χ1v) is 8.89. The highest BCUT2D eigenvalue weighted by Crippen LogP contribution is 2.30. The van der Waals surface area contributed by atoms with Crippen molar-refractivity contribution >= 4 is 5.65 Å². The van der Waals surface area contributed by atoms with Crippen molar-refractivity contribution in [2.45, 2.75) is 20.0 Å². The van der Waals surface area contributed by atoms with E-state index in [4.69, 9.17) is 0 Å². The van der Waals surface area contributed by atoms with Gasteiger partial charge in [0.1, 0.15) is 0 Å². The molecule has 4 aromatic rings. The predicted molar refractivity (Wildman–Crippen MR) is 105 cm³/mol. The molecular weight excluding hydrogens is 379 g/mol. The van der Waals surface area contributed by atoms with E-state index in [0.717, 1.165) is 28.8 Å². The molecule has 0 N–H and O–H groups in total. The maximum Gasteiger partial charge on any atom is 0.416 e. The molecule has 0 unspecified atom stereocenters. The molecule has 0 aliphatic heterocycles. The summed E-state index contributed by atoms with van der Waals surface area (Å²) in [5, 5.41) is 4.35. The number of aromatic nitrogens is 3. The molecule has 2 heterocycles. The molecule has 2 aromatic carbocycles. The normalized spacial score (nSPS) is 11.8. The quantitative estimate of drug-likeness (QED) is 0.477. The van der Waals surface area contributed by atoms with Crippen molar-refractivity contribution in [1.29, 1.82) is 0 Å². The van der Waals surface area contributed by atoms with Crippen molar-refractivity contribution in [1.82, 2.24) is 14.6 Å². The first-order valence-electron chi connectivity index (χ1n) is 8.89. The molecule has 0 aliphatic rings. The molecule has 0 atom stereocenters. The zero-order valence-corrected chi connectivity index (χ0v) is 15.7. The fourth-order valence-electron chi connectivity index (χ4n) is 3.13. The third-order valence-corrected chi connectivity index (χ3v) is 4.70. The smallest absolute Gasteiger partial charge is 0.267 e.